The molecular weight excluding hydrogens is 332 g/mol. The van der Waals surface area contributed by atoms with Crippen LogP contribution in [0.5, 0.6) is 17.2 Å². The summed E-state index contributed by atoms with van der Waals surface area (Å²) >= 11 is 0. The van der Waals surface area contributed by atoms with Crippen molar-refractivity contribution in [3.05, 3.63) is 53.6 Å². The molecule has 0 heterocycles. The van der Waals surface area contributed by atoms with E-state index in [1.807, 2.05) is 0 Å². The summed E-state index contributed by atoms with van der Waals surface area (Å²) in [5.74, 6) is -3.55. The van der Waals surface area contributed by atoms with Gasteiger partial charge in [-0.3, -0.25) is 0 Å². The lowest BCUT2D eigenvalue weighted by molar-refractivity contribution is -0.171. The van der Waals surface area contributed by atoms with Gasteiger partial charge in [-0.05, 0) is 35.4 Å². The minimum absolute atomic E-state index is 0.0243. The van der Waals surface area contributed by atoms with E-state index in [4.69, 9.17) is 5.11 Å². The zero-order valence-electron chi connectivity index (χ0n) is 12.9. The van der Waals surface area contributed by atoms with Crippen molar-refractivity contribution in [1.82, 2.24) is 0 Å². The van der Waals surface area contributed by atoms with E-state index in [0.29, 0.717) is 5.56 Å². The Bertz CT molecular complexity index is 769. The summed E-state index contributed by atoms with van der Waals surface area (Å²) in [4.78, 5) is 23.5. The lowest BCUT2D eigenvalue weighted by Gasteiger charge is -2.13. The van der Waals surface area contributed by atoms with Gasteiger partial charge in [0.1, 0.15) is 5.75 Å². The van der Waals surface area contributed by atoms with Crippen LogP contribution in [-0.2, 0) is 20.7 Å². The third kappa shape index (κ3) is 4.69. The molecule has 2 rings (SSSR count). The molecule has 0 fully saturated rings. The molecule has 0 bridgehead atoms. The number of phenols is 3. The molecule has 0 aliphatic carbocycles. The predicted molar refractivity (Wildman–Crippen MR) is 83.6 cm³/mol. The molecule has 0 aliphatic heterocycles. The lowest BCUT2D eigenvalue weighted by Crippen LogP contribution is -2.29. The Kier molecular flexibility index (Phi) is 5.58. The van der Waals surface area contributed by atoms with Crippen LogP contribution in [0.1, 0.15) is 17.2 Å². The number of aliphatic hydroxyl groups excluding tert-OH is 2. The Morgan fingerprint density at radius 2 is 1.52 bits per heavy atom. The van der Waals surface area contributed by atoms with Crippen molar-refractivity contribution in [2.24, 2.45) is 0 Å². The number of aliphatic hydroxyl groups is 2. The van der Waals surface area contributed by atoms with Crippen LogP contribution < -0.4 is 0 Å². The van der Waals surface area contributed by atoms with E-state index < -0.39 is 35.6 Å². The summed E-state index contributed by atoms with van der Waals surface area (Å²) in [6.07, 6.45) is -3.67. The van der Waals surface area contributed by atoms with Gasteiger partial charge >= 0.3 is 11.9 Å². The lowest BCUT2D eigenvalue weighted by atomic mass is 10.1. The van der Waals surface area contributed by atoms with Crippen molar-refractivity contribution in [2.75, 3.05) is 0 Å². The molecule has 2 aromatic rings. The second kappa shape index (κ2) is 7.65. The zero-order valence-corrected chi connectivity index (χ0v) is 12.9. The van der Waals surface area contributed by atoms with Gasteiger partial charge in [0, 0.05) is 6.42 Å². The number of carbonyl (C=O) groups is 2. The summed E-state index contributed by atoms with van der Waals surface area (Å²) in [5.41, 5.74) is 0.430. The Balaban J connectivity index is 1.97. The first kappa shape index (κ1) is 18.2. The highest BCUT2D eigenvalue weighted by Crippen LogP contribution is 2.28. The van der Waals surface area contributed by atoms with Crippen LogP contribution >= 0.6 is 0 Å². The fraction of sp³-hybridized carbons (Fsp3) is 0.176. The fourth-order valence-electron chi connectivity index (χ4n) is 2.01. The van der Waals surface area contributed by atoms with E-state index in [1.165, 1.54) is 30.3 Å². The summed E-state index contributed by atoms with van der Waals surface area (Å²) in [7, 11) is 0. The molecule has 0 saturated heterocycles. The molecule has 5 N–H and O–H groups in total. The highest BCUT2D eigenvalue weighted by molar-refractivity contribution is 5.90. The maximum atomic E-state index is 11.8. The second-order valence-corrected chi connectivity index (χ2v) is 5.28. The topological polar surface area (TPSA) is 145 Å². The fourth-order valence-corrected chi connectivity index (χ4v) is 2.01. The SMILES string of the molecule is O=C(OC(=O)C(O)c1ccc(O)c(O)c1)C(O)Cc1ccc(O)cc1. The number of rotatable bonds is 5. The van der Waals surface area contributed by atoms with Crippen molar-refractivity contribution in [3.8, 4) is 17.2 Å². The first-order chi connectivity index (χ1) is 11.8. The average Bonchev–Trinajstić information content (AvgIpc) is 2.58. The van der Waals surface area contributed by atoms with E-state index in [0.717, 1.165) is 12.1 Å². The van der Waals surface area contributed by atoms with Gasteiger partial charge in [0.2, 0.25) is 0 Å². The van der Waals surface area contributed by atoms with Crippen LogP contribution in [0.3, 0.4) is 0 Å². The Morgan fingerprint density at radius 1 is 0.880 bits per heavy atom. The molecule has 2 aromatic carbocycles. The molecule has 2 atom stereocenters. The molecule has 0 radical (unpaired) electrons. The number of carbonyl (C=O) groups excluding carboxylic acids is 2. The van der Waals surface area contributed by atoms with Crippen LogP contribution in [-0.4, -0.2) is 43.6 Å². The number of phenolic OH excluding ortho intramolecular Hbond substituents is 3. The van der Waals surface area contributed by atoms with Gasteiger partial charge in [0.25, 0.3) is 0 Å². The van der Waals surface area contributed by atoms with E-state index in [-0.39, 0.29) is 17.7 Å². The summed E-state index contributed by atoms with van der Waals surface area (Å²) in [6, 6.07) is 8.89. The van der Waals surface area contributed by atoms with Crippen LogP contribution in [0.25, 0.3) is 0 Å². The number of hydrogen-bond acceptors (Lipinski definition) is 8. The second-order valence-electron chi connectivity index (χ2n) is 5.28. The van der Waals surface area contributed by atoms with Gasteiger partial charge < -0.3 is 30.3 Å². The largest absolute Gasteiger partial charge is 0.508 e. The number of hydrogen-bond donors (Lipinski definition) is 5. The predicted octanol–water partition coefficient (Wildman–Crippen LogP) is 0.510. The first-order valence-corrected chi connectivity index (χ1v) is 7.19. The smallest absolute Gasteiger partial charge is 0.347 e. The molecule has 0 aliphatic rings. The maximum absolute atomic E-state index is 11.8. The molecule has 8 heteroatoms. The quantitative estimate of drug-likeness (QED) is 0.299. The zero-order chi connectivity index (χ0) is 18.6. The third-order valence-electron chi connectivity index (χ3n) is 3.38. The molecule has 0 aromatic heterocycles. The third-order valence-corrected chi connectivity index (χ3v) is 3.38. The highest BCUT2D eigenvalue weighted by Gasteiger charge is 2.26. The normalized spacial score (nSPS) is 13.0. The van der Waals surface area contributed by atoms with Crippen molar-refractivity contribution < 1.29 is 39.9 Å². The van der Waals surface area contributed by atoms with Crippen molar-refractivity contribution >= 4 is 11.9 Å². The van der Waals surface area contributed by atoms with E-state index in [9.17, 15) is 30.0 Å². The molecule has 2 unspecified atom stereocenters. The first-order valence-electron chi connectivity index (χ1n) is 7.19. The summed E-state index contributed by atoms with van der Waals surface area (Å²) < 4.78 is 4.42. The summed E-state index contributed by atoms with van der Waals surface area (Å²) in [6.45, 7) is 0. The minimum atomic E-state index is -1.88. The maximum Gasteiger partial charge on any atom is 0.347 e. The van der Waals surface area contributed by atoms with Gasteiger partial charge in [0.05, 0.1) is 0 Å². The number of esters is 2. The molecule has 25 heavy (non-hydrogen) atoms. The van der Waals surface area contributed by atoms with Crippen molar-refractivity contribution in [1.29, 1.82) is 0 Å². The van der Waals surface area contributed by atoms with Crippen LogP contribution in [0.15, 0.2) is 42.5 Å². The van der Waals surface area contributed by atoms with Gasteiger partial charge in [-0.15, -0.1) is 0 Å². The molecule has 0 spiro atoms. The van der Waals surface area contributed by atoms with Gasteiger partial charge in [-0.25, -0.2) is 9.59 Å². The van der Waals surface area contributed by atoms with Gasteiger partial charge in [-0.1, -0.05) is 18.2 Å². The van der Waals surface area contributed by atoms with Crippen molar-refractivity contribution in [2.45, 2.75) is 18.6 Å². The molecule has 0 saturated carbocycles. The number of ether oxygens (including phenoxy) is 1. The number of benzene rings is 2. The van der Waals surface area contributed by atoms with Gasteiger partial charge in [0.15, 0.2) is 23.7 Å². The Hall–Kier alpha value is -3.10. The number of aromatic hydroxyl groups is 3. The monoisotopic (exact) mass is 348 g/mol. The van der Waals surface area contributed by atoms with Crippen LogP contribution in [0.2, 0.25) is 0 Å². The highest BCUT2D eigenvalue weighted by atomic mass is 16.6. The standard InChI is InChI=1S/C17H16O8/c18-11-4-1-9(2-5-11)7-14(21)16(23)25-17(24)15(22)10-3-6-12(19)13(20)8-10/h1-6,8,14-15,18-22H,7H2. The van der Waals surface area contributed by atoms with Crippen LogP contribution in [0, 0.1) is 0 Å². The van der Waals surface area contributed by atoms with E-state index >= 15 is 0 Å². The summed E-state index contributed by atoms with van der Waals surface area (Å²) in [5, 5.41) is 47.3. The molecule has 0 amide bonds. The van der Waals surface area contributed by atoms with Crippen LogP contribution in [0.4, 0.5) is 0 Å². The molecular formula is C17H16O8. The average molecular weight is 348 g/mol. The van der Waals surface area contributed by atoms with E-state index in [1.54, 1.807) is 0 Å². The molecule has 8 nitrogen and oxygen atoms in total. The Morgan fingerprint density at radius 3 is 2.12 bits per heavy atom. The van der Waals surface area contributed by atoms with Gasteiger partial charge in [-0.2, -0.15) is 0 Å². The van der Waals surface area contributed by atoms with Crippen molar-refractivity contribution in [3.63, 3.8) is 0 Å². The van der Waals surface area contributed by atoms with E-state index in [2.05, 4.69) is 4.74 Å². The Labute approximate surface area is 142 Å². The minimum Gasteiger partial charge on any atom is -0.508 e. The molecule has 132 valence electrons.